The molecule has 0 radical (unpaired) electrons. The summed E-state index contributed by atoms with van der Waals surface area (Å²) < 4.78 is 10.2. The number of rotatable bonds is 6. The summed E-state index contributed by atoms with van der Waals surface area (Å²) in [5.74, 6) is 1.78. The van der Waals surface area contributed by atoms with Gasteiger partial charge in [0.2, 0.25) is 5.89 Å². The molecule has 0 aliphatic rings. The lowest BCUT2D eigenvalue weighted by atomic mass is 10.1. The summed E-state index contributed by atoms with van der Waals surface area (Å²) in [4.78, 5) is 4.29. The van der Waals surface area contributed by atoms with Crippen LogP contribution in [0.4, 0.5) is 0 Å². The van der Waals surface area contributed by atoms with Gasteiger partial charge in [0.25, 0.3) is 0 Å². The fourth-order valence-corrected chi connectivity index (χ4v) is 1.36. The second kappa shape index (κ2) is 5.41. The maximum atomic E-state index is 6.01. The normalized spacial score (nSPS) is 15.4. The van der Waals surface area contributed by atoms with E-state index in [1.54, 1.807) is 7.11 Å². The van der Waals surface area contributed by atoms with Crippen molar-refractivity contribution < 1.29 is 9.26 Å². The smallest absolute Gasteiger partial charge is 0.226 e. The Hall–Kier alpha value is -0.940. The summed E-state index contributed by atoms with van der Waals surface area (Å²) in [6.07, 6.45) is 1.83. The zero-order valence-electron chi connectivity index (χ0n) is 10.5. The Morgan fingerprint density at radius 1 is 1.50 bits per heavy atom. The van der Waals surface area contributed by atoms with Crippen LogP contribution in [0.3, 0.4) is 0 Å². The fourth-order valence-electron chi connectivity index (χ4n) is 1.36. The molecule has 1 atom stereocenters. The third-order valence-corrected chi connectivity index (χ3v) is 2.36. The van der Waals surface area contributed by atoms with Gasteiger partial charge in [-0.05, 0) is 19.3 Å². The van der Waals surface area contributed by atoms with Crippen LogP contribution in [0.25, 0.3) is 0 Å². The summed E-state index contributed by atoms with van der Waals surface area (Å²) in [7, 11) is 1.60. The number of ether oxygens (including phenoxy) is 1. The highest BCUT2D eigenvalue weighted by Gasteiger charge is 2.27. The zero-order valence-corrected chi connectivity index (χ0v) is 10.5. The number of hydrogen-bond acceptors (Lipinski definition) is 5. The van der Waals surface area contributed by atoms with Crippen molar-refractivity contribution in [1.82, 2.24) is 10.1 Å². The Morgan fingerprint density at radius 3 is 2.75 bits per heavy atom. The molecule has 0 fully saturated rings. The Morgan fingerprint density at radius 2 is 2.19 bits per heavy atom. The van der Waals surface area contributed by atoms with Crippen molar-refractivity contribution in [2.24, 2.45) is 11.7 Å². The quantitative estimate of drug-likeness (QED) is 0.796. The van der Waals surface area contributed by atoms with E-state index < -0.39 is 5.54 Å². The van der Waals surface area contributed by atoms with E-state index in [1.807, 2.05) is 6.92 Å². The maximum absolute atomic E-state index is 6.01. The minimum atomic E-state index is -0.686. The van der Waals surface area contributed by atoms with Crippen LogP contribution in [-0.4, -0.2) is 23.9 Å². The molecule has 1 unspecified atom stereocenters. The van der Waals surface area contributed by atoms with E-state index >= 15 is 0 Å². The van der Waals surface area contributed by atoms with Crippen LogP contribution in [0.5, 0.6) is 0 Å². The molecule has 5 nitrogen and oxygen atoms in total. The van der Waals surface area contributed by atoms with Crippen molar-refractivity contribution in [3.63, 3.8) is 0 Å². The number of nitrogens with two attached hydrogens (primary N) is 1. The topological polar surface area (TPSA) is 74.2 Å². The highest BCUT2D eigenvalue weighted by Crippen LogP contribution is 2.15. The van der Waals surface area contributed by atoms with E-state index in [9.17, 15) is 0 Å². The highest BCUT2D eigenvalue weighted by molar-refractivity contribution is 5.01. The molecular formula is C11H21N3O2. The number of aryl methyl sites for hydroxylation is 1. The molecular weight excluding hydrogens is 206 g/mol. The van der Waals surface area contributed by atoms with Crippen LogP contribution >= 0.6 is 0 Å². The first-order chi connectivity index (χ1) is 7.45. The molecule has 0 saturated heterocycles. The van der Waals surface area contributed by atoms with Crippen LogP contribution in [0.1, 0.15) is 38.9 Å². The predicted octanol–water partition coefficient (Wildman–Crippen LogP) is 1.48. The van der Waals surface area contributed by atoms with Crippen molar-refractivity contribution in [1.29, 1.82) is 0 Å². The average Bonchev–Trinajstić information content (AvgIpc) is 2.63. The van der Waals surface area contributed by atoms with Gasteiger partial charge < -0.3 is 15.0 Å². The van der Waals surface area contributed by atoms with Crippen LogP contribution < -0.4 is 5.73 Å². The molecule has 92 valence electrons. The molecule has 0 amide bonds. The van der Waals surface area contributed by atoms with Gasteiger partial charge in [0, 0.05) is 13.5 Å². The van der Waals surface area contributed by atoms with Gasteiger partial charge in [-0.1, -0.05) is 19.0 Å². The second-order valence-corrected chi connectivity index (χ2v) is 4.79. The first kappa shape index (κ1) is 13.1. The average molecular weight is 227 g/mol. The van der Waals surface area contributed by atoms with Crippen molar-refractivity contribution in [3.8, 4) is 0 Å². The molecule has 0 aromatic carbocycles. The molecule has 16 heavy (non-hydrogen) atoms. The monoisotopic (exact) mass is 227 g/mol. The van der Waals surface area contributed by atoms with E-state index in [2.05, 4.69) is 24.0 Å². The van der Waals surface area contributed by atoms with Gasteiger partial charge in [-0.3, -0.25) is 0 Å². The molecule has 1 heterocycles. The number of aromatic nitrogens is 2. The minimum Gasteiger partial charge on any atom is -0.382 e. The summed E-state index contributed by atoms with van der Waals surface area (Å²) in [5, 5.41) is 3.89. The Kier molecular flexibility index (Phi) is 4.44. The van der Waals surface area contributed by atoms with Crippen LogP contribution in [0.15, 0.2) is 4.52 Å². The third kappa shape index (κ3) is 3.57. The molecule has 0 saturated carbocycles. The van der Waals surface area contributed by atoms with Gasteiger partial charge in [0.15, 0.2) is 5.82 Å². The van der Waals surface area contributed by atoms with Crippen LogP contribution in [-0.2, 0) is 16.7 Å². The Balaban J connectivity index is 2.63. The van der Waals surface area contributed by atoms with Crippen LogP contribution in [0, 0.1) is 5.92 Å². The number of methoxy groups -OCH3 is 1. The number of nitrogens with zero attached hydrogens (tertiary/aromatic N) is 2. The molecule has 1 aromatic rings. The summed E-state index contributed by atoms with van der Waals surface area (Å²) in [5.41, 5.74) is 5.32. The van der Waals surface area contributed by atoms with Crippen molar-refractivity contribution in [2.45, 2.75) is 39.2 Å². The van der Waals surface area contributed by atoms with Gasteiger partial charge in [-0.2, -0.15) is 4.98 Å². The SMILES string of the molecule is COCC(C)(N)c1noc(CCC(C)C)n1. The van der Waals surface area contributed by atoms with Crippen molar-refractivity contribution >= 4 is 0 Å². The van der Waals surface area contributed by atoms with E-state index in [1.165, 1.54) is 0 Å². The van der Waals surface area contributed by atoms with E-state index in [0.29, 0.717) is 24.2 Å². The number of hydrogen-bond donors (Lipinski definition) is 1. The molecule has 0 aliphatic heterocycles. The van der Waals surface area contributed by atoms with Gasteiger partial charge in [0.05, 0.1) is 6.61 Å². The lowest BCUT2D eigenvalue weighted by molar-refractivity contribution is 0.135. The van der Waals surface area contributed by atoms with Gasteiger partial charge in [0.1, 0.15) is 5.54 Å². The fraction of sp³-hybridized carbons (Fsp3) is 0.818. The largest absolute Gasteiger partial charge is 0.382 e. The lowest BCUT2D eigenvalue weighted by Gasteiger charge is -2.18. The molecule has 0 bridgehead atoms. The summed E-state index contributed by atoms with van der Waals surface area (Å²) in [6, 6.07) is 0. The molecule has 0 spiro atoms. The minimum absolute atomic E-state index is 0.371. The van der Waals surface area contributed by atoms with Gasteiger partial charge in [-0.25, -0.2) is 0 Å². The first-order valence-corrected chi connectivity index (χ1v) is 5.56. The first-order valence-electron chi connectivity index (χ1n) is 5.56. The predicted molar refractivity (Wildman–Crippen MR) is 60.9 cm³/mol. The van der Waals surface area contributed by atoms with E-state index in [4.69, 9.17) is 15.0 Å². The molecule has 5 heteroatoms. The van der Waals surface area contributed by atoms with E-state index in [-0.39, 0.29) is 0 Å². The maximum Gasteiger partial charge on any atom is 0.226 e. The second-order valence-electron chi connectivity index (χ2n) is 4.79. The summed E-state index contributed by atoms with van der Waals surface area (Å²) in [6.45, 7) is 6.52. The molecule has 1 aromatic heterocycles. The summed E-state index contributed by atoms with van der Waals surface area (Å²) >= 11 is 0. The third-order valence-electron chi connectivity index (χ3n) is 2.36. The van der Waals surface area contributed by atoms with Gasteiger partial charge in [-0.15, -0.1) is 0 Å². The van der Waals surface area contributed by atoms with E-state index in [0.717, 1.165) is 12.8 Å². The highest BCUT2D eigenvalue weighted by atomic mass is 16.5. The molecule has 1 rings (SSSR count). The lowest BCUT2D eigenvalue weighted by Crippen LogP contribution is -2.39. The van der Waals surface area contributed by atoms with Crippen molar-refractivity contribution in [2.75, 3.05) is 13.7 Å². The zero-order chi connectivity index (χ0) is 12.2. The molecule has 0 aliphatic carbocycles. The molecule has 2 N–H and O–H groups in total. The Bertz CT molecular complexity index is 321. The van der Waals surface area contributed by atoms with Crippen LogP contribution in [0.2, 0.25) is 0 Å². The van der Waals surface area contributed by atoms with Crippen molar-refractivity contribution in [3.05, 3.63) is 11.7 Å². The standard InChI is InChI=1S/C11H21N3O2/c1-8(2)5-6-9-13-10(14-16-9)11(3,12)7-15-4/h8H,5-7,12H2,1-4H3. The van der Waals surface area contributed by atoms with Gasteiger partial charge >= 0.3 is 0 Å². The Labute approximate surface area is 96.4 Å².